The van der Waals surface area contributed by atoms with Gasteiger partial charge in [0.05, 0.1) is 18.7 Å². The third-order valence-electron chi connectivity index (χ3n) is 4.49. The molecule has 27 heavy (non-hydrogen) atoms. The maximum atomic E-state index is 12.5. The number of aromatic nitrogens is 2. The van der Waals surface area contributed by atoms with Gasteiger partial charge in [-0.2, -0.15) is 5.10 Å². The highest BCUT2D eigenvalue weighted by Gasteiger charge is 2.24. The molecule has 1 aliphatic rings. The summed E-state index contributed by atoms with van der Waals surface area (Å²) in [7, 11) is 0. The van der Waals surface area contributed by atoms with Gasteiger partial charge in [0, 0.05) is 27.4 Å². The van der Waals surface area contributed by atoms with Gasteiger partial charge in [-0.15, -0.1) is 0 Å². The summed E-state index contributed by atoms with van der Waals surface area (Å²) in [5.41, 5.74) is 3.49. The van der Waals surface area contributed by atoms with E-state index in [4.69, 9.17) is 16.7 Å². The van der Waals surface area contributed by atoms with Gasteiger partial charge in [0.2, 0.25) is 5.91 Å². The van der Waals surface area contributed by atoms with Gasteiger partial charge >= 0.3 is 0 Å². The van der Waals surface area contributed by atoms with Crippen molar-refractivity contribution in [3.8, 4) is 11.1 Å². The molecule has 0 bridgehead atoms. The van der Waals surface area contributed by atoms with E-state index in [1.54, 1.807) is 6.07 Å². The highest BCUT2D eigenvalue weighted by Crippen LogP contribution is 2.36. The molecule has 1 aliphatic carbocycles. The molecule has 1 saturated carbocycles. The second-order valence-electron chi connectivity index (χ2n) is 6.62. The highest BCUT2D eigenvalue weighted by molar-refractivity contribution is 7.97. The van der Waals surface area contributed by atoms with E-state index in [9.17, 15) is 4.79 Å². The number of rotatable bonds is 6. The first kappa shape index (κ1) is 18.1. The van der Waals surface area contributed by atoms with Gasteiger partial charge in [0.25, 0.3) is 0 Å². The molecule has 3 N–H and O–H groups in total. The molecule has 5 nitrogen and oxygen atoms in total. The molecule has 1 amide bonds. The Morgan fingerprint density at radius 2 is 2.07 bits per heavy atom. The molecular weight excluding hydrogens is 380 g/mol. The fourth-order valence-corrected chi connectivity index (χ4v) is 3.54. The van der Waals surface area contributed by atoms with E-state index in [0.29, 0.717) is 16.8 Å². The first-order chi connectivity index (χ1) is 13.1. The Labute approximate surface area is 167 Å². The minimum absolute atomic E-state index is 0.123. The van der Waals surface area contributed by atoms with Crippen LogP contribution in [0.15, 0.2) is 59.8 Å². The topological polar surface area (TPSA) is 72.9 Å². The zero-order chi connectivity index (χ0) is 18.8. The summed E-state index contributed by atoms with van der Waals surface area (Å²) in [5, 5.41) is 13.8. The van der Waals surface area contributed by atoms with Crippen molar-refractivity contribution < 1.29 is 4.79 Å². The number of nitrogens with one attached hydrogen (secondary N) is 1. The maximum absolute atomic E-state index is 12.5. The fourth-order valence-electron chi connectivity index (χ4n) is 2.95. The Hall–Kier alpha value is -2.28. The van der Waals surface area contributed by atoms with Crippen LogP contribution in [0.3, 0.4) is 0 Å². The summed E-state index contributed by atoms with van der Waals surface area (Å²) >= 11 is 7.30. The molecule has 1 aromatic heterocycles. The lowest BCUT2D eigenvalue weighted by Gasteiger charge is -2.10. The average molecular weight is 399 g/mol. The maximum Gasteiger partial charge on any atom is 0.228 e. The summed E-state index contributed by atoms with van der Waals surface area (Å²) < 4.78 is 2.01. The standard InChI is InChI=1S/C20H19ClN4OS/c21-19-4-2-1-3-13(19)9-20(26)24-16-7-14(8-18(10-16)27-22)15-11-23-25(12-15)17-5-6-17/h1-4,7-8,10-12,17H,5-6,9,22H2,(H,24,26). The molecule has 0 unspecified atom stereocenters. The van der Waals surface area contributed by atoms with Crippen molar-refractivity contribution >= 4 is 35.1 Å². The molecule has 7 heteroatoms. The minimum atomic E-state index is -0.123. The van der Waals surface area contributed by atoms with Crippen molar-refractivity contribution in [2.75, 3.05) is 5.32 Å². The molecule has 1 heterocycles. The van der Waals surface area contributed by atoms with Gasteiger partial charge < -0.3 is 5.32 Å². The lowest BCUT2D eigenvalue weighted by atomic mass is 10.1. The fraction of sp³-hybridized carbons (Fsp3) is 0.200. The van der Waals surface area contributed by atoms with E-state index in [0.717, 1.165) is 33.5 Å². The Kier molecular flexibility index (Phi) is 5.20. The van der Waals surface area contributed by atoms with Crippen LogP contribution in [0.2, 0.25) is 5.02 Å². The summed E-state index contributed by atoms with van der Waals surface area (Å²) in [4.78, 5) is 13.3. The van der Waals surface area contributed by atoms with Crippen molar-refractivity contribution in [2.45, 2.75) is 30.2 Å². The number of carbonyl (C=O) groups excluding carboxylic acids is 1. The quantitative estimate of drug-likeness (QED) is 0.591. The van der Waals surface area contributed by atoms with Crippen LogP contribution >= 0.6 is 23.5 Å². The largest absolute Gasteiger partial charge is 0.326 e. The number of hydrogen-bond acceptors (Lipinski definition) is 4. The van der Waals surface area contributed by atoms with Crippen molar-refractivity contribution in [3.63, 3.8) is 0 Å². The summed E-state index contributed by atoms with van der Waals surface area (Å²) in [6.45, 7) is 0. The molecule has 0 aliphatic heterocycles. The van der Waals surface area contributed by atoms with Crippen molar-refractivity contribution in [1.29, 1.82) is 0 Å². The third-order valence-corrected chi connectivity index (χ3v) is 5.37. The number of anilines is 1. The predicted octanol–water partition coefficient (Wildman–Crippen LogP) is 4.69. The smallest absolute Gasteiger partial charge is 0.228 e. The van der Waals surface area contributed by atoms with E-state index < -0.39 is 0 Å². The Bertz CT molecular complexity index is 984. The molecule has 4 rings (SSSR count). The van der Waals surface area contributed by atoms with Gasteiger partial charge in [-0.25, -0.2) is 0 Å². The monoisotopic (exact) mass is 398 g/mol. The summed E-state index contributed by atoms with van der Waals surface area (Å²) in [5.74, 6) is -0.123. The number of hydrogen-bond donors (Lipinski definition) is 2. The molecular formula is C20H19ClN4OS. The van der Waals surface area contributed by atoms with E-state index >= 15 is 0 Å². The highest BCUT2D eigenvalue weighted by atomic mass is 35.5. The summed E-state index contributed by atoms with van der Waals surface area (Å²) in [6, 6.07) is 13.7. The molecule has 0 radical (unpaired) electrons. The first-order valence-electron chi connectivity index (χ1n) is 8.72. The molecule has 138 valence electrons. The van der Waals surface area contributed by atoms with E-state index in [2.05, 4.69) is 10.4 Å². The molecule has 0 atom stereocenters. The Morgan fingerprint density at radius 1 is 1.26 bits per heavy atom. The van der Waals surface area contributed by atoms with Gasteiger partial charge in [0.1, 0.15) is 0 Å². The van der Waals surface area contributed by atoms with Gasteiger partial charge in [-0.3, -0.25) is 14.6 Å². The normalized spacial score (nSPS) is 13.6. The Morgan fingerprint density at radius 3 is 2.81 bits per heavy atom. The molecule has 0 spiro atoms. The van der Waals surface area contributed by atoms with Crippen LogP contribution in [0.4, 0.5) is 5.69 Å². The van der Waals surface area contributed by atoms with Crippen LogP contribution in [-0.4, -0.2) is 15.7 Å². The van der Waals surface area contributed by atoms with Crippen molar-refractivity contribution in [2.24, 2.45) is 5.14 Å². The van der Waals surface area contributed by atoms with Crippen LogP contribution in [0.25, 0.3) is 11.1 Å². The number of carbonyl (C=O) groups is 1. The second kappa shape index (κ2) is 7.76. The van der Waals surface area contributed by atoms with Gasteiger partial charge in [-0.05, 0) is 60.2 Å². The van der Waals surface area contributed by atoms with Crippen LogP contribution < -0.4 is 10.5 Å². The van der Waals surface area contributed by atoms with Gasteiger partial charge in [-0.1, -0.05) is 29.8 Å². The zero-order valence-corrected chi connectivity index (χ0v) is 16.1. The SMILES string of the molecule is NSc1cc(NC(=O)Cc2ccccc2Cl)cc(-c2cnn(C3CC3)c2)c1. The van der Waals surface area contributed by atoms with Crippen LogP contribution in [0.1, 0.15) is 24.4 Å². The Balaban J connectivity index is 1.54. The van der Waals surface area contributed by atoms with E-state index in [1.165, 1.54) is 12.8 Å². The lowest BCUT2D eigenvalue weighted by Crippen LogP contribution is -2.14. The molecule has 2 aromatic carbocycles. The van der Waals surface area contributed by atoms with Crippen LogP contribution in [-0.2, 0) is 11.2 Å². The molecule has 1 fully saturated rings. The number of nitrogens with zero attached hydrogens (tertiary/aromatic N) is 2. The van der Waals surface area contributed by atoms with E-state index in [-0.39, 0.29) is 12.3 Å². The van der Waals surface area contributed by atoms with Crippen molar-refractivity contribution in [3.05, 3.63) is 65.4 Å². The second-order valence-corrected chi connectivity index (χ2v) is 7.73. The minimum Gasteiger partial charge on any atom is -0.326 e. The summed E-state index contributed by atoms with van der Waals surface area (Å²) in [6.07, 6.45) is 6.49. The number of amides is 1. The van der Waals surface area contributed by atoms with E-state index in [1.807, 2.05) is 53.5 Å². The third kappa shape index (κ3) is 4.35. The number of halogens is 1. The molecule has 3 aromatic rings. The molecule has 0 saturated heterocycles. The van der Waals surface area contributed by atoms with Crippen molar-refractivity contribution in [1.82, 2.24) is 9.78 Å². The average Bonchev–Trinajstić information content (AvgIpc) is 3.40. The van der Waals surface area contributed by atoms with Crippen LogP contribution in [0.5, 0.6) is 0 Å². The lowest BCUT2D eigenvalue weighted by molar-refractivity contribution is -0.115. The number of nitrogens with two attached hydrogens (primary N) is 1. The zero-order valence-electron chi connectivity index (χ0n) is 14.6. The predicted molar refractivity (Wildman–Crippen MR) is 110 cm³/mol. The van der Waals surface area contributed by atoms with Gasteiger partial charge in [0.15, 0.2) is 0 Å². The first-order valence-corrected chi connectivity index (χ1v) is 9.98. The number of benzene rings is 2. The van der Waals surface area contributed by atoms with Crippen LogP contribution in [0, 0.1) is 0 Å².